The first kappa shape index (κ1) is 11.1. The predicted molar refractivity (Wildman–Crippen MR) is 54.1 cm³/mol. The van der Waals surface area contributed by atoms with Crippen LogP contribution in [0.4, 0.5) is 0 Å². The molecule has 15 heavy (non-hydrogen) atoms. The van der Waals surface area contributed by atoms with Crippen molar-refractivity contribution < 1.29 is 4.79 Å². The van der Waals surface area contributed by atoms with Crippen LogP contribution < -0.4 is 0 Å². The molecule has 0 aromatic carbocycles. The Balaban J connectivity index is 3.01. The van der Waals surface area contributed by atoms with Gasteiger partial charge in [-0.25, -0.2) is 0 Å². The van der Waals surface area contributed by atoms with E-state index >= 15 is 0 Å². The Kier molecular flexibility index (Phi) is 3.34. The molecule has 0 saturated carbocycles. The average molecular weight is 204 g/mol. The average Bonchev–Trinajstić information content (AvgIpc) is 2.21. The Hall–Kier alpha value is -1.96. The zero-order chi connectivity index (χ0) is 11.4. The lowest BCUT2D eigenvalue weighted by Gasteiger charge is -2.13. The number of amides is 1. The summed E-state index contributed by atoms with van der Waals surface area (Å²) in [6.07, 6.45) is 0. The summed E-state index contributed by atoms with van der Waals surface area (Å²) in [6.45, 7) is 3.56. The molecule has 0 spiro atoms. The van der Waals surface area contributed by atoms with Crippen LogP contribution in [0.3, 0.4) is 0 Å². The van der Waals surface area contributed by atoms with Crippen LogP contribution in [0.1, 0.15) is 21.7 Å². The number of carbonyl (C=O) groups excluding carboxylic acids is 1. The summed E-state index contributed by atoms with van der Waals surface area (Å²) in [5.74, 6) is -0.202. The zero-order valence-corrected chi connectivity index (χ0v) is 8.98. The van der Waals surface area contributed by atoms with Gasteiger partial charge < -0.3 is 4.90 Å². The Morgan fingerprint density at radius 3 is 2.80 bits per heavy atom. The fourth-order valence-corrected chi connectivity index (χ4v) is 1.15. The number of hydrogen-bond donors (Lipinski definition) is 0. The molecule has 0 radical (unpaired) electrons. The normalized spacial score (nSPS) is 9.47. The molecule has 5 nitrogen and oxygen atoms in total. The van der Waals surface area contributed by atoms with Crippen molar-refractivity contribution in [1.29, 1.82) is 5.26 Å². The van der Waals surface area contributed by atoms with Crippen molar-refractivity contribution in [3.05, 3.63) is 23.0 Å². The van der Waals surface area contributed by atoms with Crippen molar-refractivity contribution in [2.45, 2.75) is 13.8 Å². The van der Waals surface area contributed by atoms with Gasteiger partial charge in [0, 0.05) is 7.05 Å². The van der Waals surface area contributed by atoms with E-state index in [2.05, 4.69) is 10.2 Å². The molecule has 5 heteroatoms. The molecule has 0 aliphatic rings. The SMILES string of the molecule is Cc1cc(C(=O)N(C)CC#N)c(C)nn1. The summed E-state index contributed by atoms with van der Waals surface area (Å²) in [7, 11) is 1.58. The molecular formula is C10H12N4O. The molecule has 1 aromatic heterocycles. The lowest BCUT2D eigenvalue weighted by atomic mass is 10.2. The number of aryl methyl sites for hydroxylation is 2. The molecule has 0 atom stereocenters. The summed E-state index contributed by atoms with van der Waals surface area (Å²) in [6, 6.07) is 3.60. The highest BCUT2D eigenvalue weighted by atomic mass is 16.2. The molecule has 0 aliphatic heterocycles. The second-order valence-corrected chi connectivity index (χ2v) is 3.30. The number of aromatic nitrogens is 2. The van der Waals surface area contributed by atoms with Gasteiger partial charge in [-0.2, -0.15) is 15.5 Å². The van der Waals surface area contributed by atoms with Crippen LogP contribution in [0, 0.1) is 25.2 Å². The van der Waals surface area contributed by atoms with Crippen molar-refractivity contribution in [2.75, 3.05) is 13.6 Å². The van der Waals surface area contributed by atoms with Crippen LogP contribution >= 0.6 is 0 Å². The van der Waals surface area contributed by atoms with Crippen molar-refractivity contribution >= 4 is 5.91 Å². The number of nitriles is 1. The number of rotatable bonds is 2. The third kappa shape index (κ3) is 2.50. The molecule has 0 N–H and O–H groups in total. The van der Waals surface area contributed by atoms with Crippen LogP contribution in [0.15, 0.2) is 6.07 Å². The lowest BCUT2D eigenvalue weighted by Crippen LogP contribution is -2.28. The van der Waals surface area contributed by atoms with E-state index in [1.807, 2.05) is 6.07 Å². The molecule has 0 aliphatic carbocycles. The number of nitrogens with zero attached hydrogens (tertiary/aromatic N) is 4. The zero-order valence-electron chi connectivity index (χ0n) is 8.98. The standard InChI is InChI=1S/C10H12N4O/c1-7-6-9(8(2)13-12-7)10(15)14(3)5-4-11/h6H,5H2,1-3H3. The molecular weight excluding hydrogens is 192 g/mol. The van der Waals surface area contributed by atoms with E-state index < -0.39 is 0 Å². The van der Waals surface area contributed by atoms with Gasteiger partial charge in [0.05, 0.1) is 23.0 Å². The highest BCUT2D eigenvalue weighted by Crippen LogP contribution is 2.07. The van der Waals surface area contributed by atoms with E-state index in [-0.39, 0.29) is 12.5 Å². The van der Waals surface area contributed by atoms with Gasteiger partial charge in [0.15, 0.2) is 0 Å². The first-order chi connectivity index (χ1) is 7.06. The molecule has 0 fully saturated rings. The van der Waals surface area contributed by atoms with Crippen molar-refractivity contribution in [3.8, 4) is 6.07 Å². The Bertz CT molecular complexity index is 422. The van der Waals surface area contributed by atoms with Crippen molar-refractivity contribution in [3.63, 3.8) is 0 Å². The van der Waals surface area contributed by atoms with Gasteiger partial charge in [-0.05, 0) is 19.9 Å². The maximum atomic E-state index is 11.8. The molecule has 0 saturated heterocycles. The quantitative estimate of drug-likeness (QED) is 0.664. The topological polar surface area (TPSA) is 69.9 Å². The maximum Gasteiger partial charge on any atom is 0.256 e. The van der Waals surface area contributed by atoms with Gasteiger partial charge >= 0.3 is 0 Å². The summed E-state index contributed by atoms with van der Waals surface area (Å²) in [5.41, 5.74) is 1.77. The summed E-state index contributed by atoms with van der Waals surface area (Å²) in [5, 5.41) is 16.2. The minimum atomic E-state index is -0.202. The fraction of sp³-hybridized carbons (Fsp3) is 0.400. The van der Waals surface area contributed by atoms with Crippen LogP contribution in [0.5, 0.6) is 0 Å². The third-order valence-corrected chi connectivity index (χ3v) is 1.99. The van der Waals surface area contributed by atoms with Gasteiger partial charge in [0.25, 0.3) is 5.91 Å². The second-order valence-electron chi connectivity index (χ2n) is 3.30. The fourth-order valence-electron chi connectivity index (χ4n) is 1.15. The minimum Gasteiger partial charge on any atom is -0.328 e. The van der Waals surface area contributed by atoms with Gasteiger partial charge in [-0.3, -0.25) is 4.79 Å². The third-order valence-electron chi connectivity index (χ3n) is 1.99. The molecule has 0 bridgehead atoms. The van der Waals surface area contributed by atoms with Gasteiger partial charge in [-0.15, -0.1) is 0 Å². The highest BCUT2D eigenvalue weighted by molar-refractivity contribution is 5.95. The van der Waals surface area contributed by atoms with Gasteiger partial charge in [0.1, 0.15) is 6.54 Å². The highest BCUT2D eigenvalue weighted by Gasteiger charge is 2.15. The Labute approximate surface area is 88.3 Å². The van der Waals surface area contributed by atoms with E-state index in [0.29, 0.717) is 17.0 Å². The van der Waals surface area contributed by atoms with Gasteiger partial charge in [0.2, 0.25) is 0 Å². The van der Waals surface area contributed by atoms with E-state index in [4.69, 9.17) is 5.26 Å². The monoisotopic (exact) mass is 204 g/mol. The van der Waals surface area contributed by atoms with E-state index in [9.17, 15) is 4.79 Å². The van der Waals surface area contributed by atoms with Crippen LogP contribution in [-0.4, -0.2) is 34.6 Å². The largest absolute Gasteiger partial charge is 0.328 e. The predicted octanol–water partition coefficient (Wildman–Crippen LogP) is 0.689. The van der Waals surface area contributed by atoms with E-state index in [0.717, 1.165) is 0 Å². The first-order valence-corrected chi connectivity index (χ1v) is 4.49. The summed E-state index contributed by atoms with van der Waals surface area (Å²) in [4.78, 5) is 13.2. The molecule has 1 rings (SSSR count). The molecule has 78 valence electrons. The molecule has 0 unspecified atom stereocenters. The second kappa shape index (κ2) is 4.51. The first-order valence-electron chi connectivity index (χ1n) is 4.49. The van der Waals surface area contributed by atoms with Crippen molar-refractivity contribution in [2.24, 2.45) is 0 Å². The Morgan fingerprint density at radius 1 is 1.53 bits per heavy atom. The minimum absolute atomic E-state index is 0.0691. The molecule has 1 heterocycles. The Morgan fingerprint density at radius 2 is 2.20 bits per heavy atom. The lowest BCUT2D eigenvalue weighted by molar-refractivity contribution is 0.0810. The van der Waals surface area contributed by atoms with Crippen molar-refractivity contribution in [1.82, 2.24) is 15.1 Å². The summed E-state index contributed by atoms with van der Waals surface area (Å²) >= 11 is 0. The molecule has 1 amide bonds. The van der Waals surface area contributed by atoms with E-state index in [1.165, 1.54) is 4.90 Å². The van der Waals surface area contributed by atoms with Gasteiger partial charge in [-0.1, -0.05) is 0 Å². The van der Waals surface area contributed by atoms with E-state index in [1.54, 1.807) is 27.0 Å². The summed E-state index contributed by atoms with van der Waals surface area (Å²) < 4.78 is 0. The van der Waals surface area contributed by atoms with Crippen LogP contribution in [0.25, 0.3) is 0 Å². The van der Waals surface area contributed by atoms with Crippen LogP contribution in [0.2, 0.25) is 0 Å². The van der Waals surface area contributed by atoms with Crippen LogP contribution in [-0.2, 0) is 0 Å². The smallest absolute Gasteiger partial charge is 0.256 e. The maximum absolute atomic E-state index is 11.8. The number of carbonyl (C=O) groups is 1. The molecule has 1 aromatic rings. The number of hydrogen-bond acceptors (Lipinski definition) is 4.